The van der Waals surface area contributed by atoms with Crippen LogP contribution >= 0.6 is 0 Å². The van der Waals surface area contributed by atoms with Crippen molar-refractivity contribution in [3.8, 4) is 0 Å². The number of benzene rings is 2. The molecule has 0 aliphatic rings. The van der Waals surface area contributed by atoms with Crippen molar-refractivity contribution in [2.75, 3.05) is 17.1 Å². The Balaban J connectivity index is 2.42. The fourth-order valence-corrected chi connectivity index (χ4v) is 2.87. The average molecular weight is 280 g/mol. The van der Waals surface area contributed by atoms with Gasteiger partial charge in [-0.2, -0.15) is 0 Å². The molecule has 100 valence electrons. The summed E-state index contributed by atoms with van der Waals surface area (Å²) < 4.78 is 38.6. The van der Waals surface area contributed by atoms with Crippen LogP contribution in [0.3, 0.4) is 0 Å². The van der Waals surface area contributed by atoms with Crippen LogP contribution < -0.4 is 10.0 Å². The van der Waals surface area contributed by atoms with Gasteiger partial charge in [-0.1, -0.05) is 6.07 Å². The Morgan fingerprint density at radius 1 is 1.11 bits per heavy atom. The van der Waals surface area contributed by atoms with Gasteiger partial charge in [-0.15, -0.1) is 0 Å². The summed E-state index contributed by atoms with van der Waals surface area (Å²) in [6.45, 7) is 0. The highest BCUT2D eigenvalue weighted by atomic mass is 32.2. The Kier molecular flexibility index (Phi) is 3.44. The second-order valence-electron chi connectivity index (χ2n) is 4.02. The van der Waals surface area contributed by atoms with Gasteiger partial charge in [0.1, 0.15) is 5.82 Å². The Morgan fingerprint density at radius 3 is 2.32 bits per heavy atom. The molecule has 0 aromatic heterocycles. The predicted molar refractivity (Wildman–Crippen MR) is 72.8 cm³/mol. The summed E-state index contributed by atoms with van der Waals surface area (Å²) in [5.41, 5.74) is 6.33. The van der Waals surface area contributed by atoms with Crippen molar-refractivity contribution < 1.29 is 12.8 Å². The van der Waals surface area contributed by atoms with Gasteiger partial charge in [0.05, 0.1) is 10.6 Å². The lowest BCUT2D eigenvalue weighted by atomic mass is 10.3. The molecule has 19 heavy (non-hydrogen) atoms. The van der Waals surface area contributed by atoms with Gasteiger partial charge in [-0.05, 0) is 42.5 Å². The third-order valence-electron chi connectivity index (χ3n) is 2.71. The number of sulfonamides is 1. The normalized spacial score (nSPS) is 11.3. The number of anilines is 2. The smallest absolute Gasteiger partial charge is 0.264 e. The zero-order valence-electron chi connectivity index (χ0n) is 10.2. The van der Waals surface area contributed by atoms with Gasteiger partial charge in [-0.3, -0.25) is 4.31 Å². The van der Waals surface area contributed by atoms with Crippen LogP contribution in [0.1, 0.15) is 0 Å². The summed E-state index contributed by atoms with van der Waals surface area (Å²) in [7, 11) is -2.29. The lowest BCUT2D eigenvalue weighted by Crippen LogP contribution is -2.26. The van der Waals surface area contributed by atoms with Gasteiger partial charge in [0.2, 0.25) is 0 Å². The summed E-state index contributed by atoms with van der Waals surface area (Å²) in [4.78, 5) is 0.0966. The van der Waals surface area contributed by atoms with Crippen LogP contribution in [0.5, 0.6) is 0 Å². The van der Waals surface area contributed by atoms with Crippen LogP contribution in [-0.2, 0) is 10.0 Å². The van der Waals surface area contributed by atoms with Crippen molar-refractivity contribution in [2.45, 2.75) is 4.90 Å². The Bertz CT molecular complexity index is 684. The van der Waals surface area contributed by atoms with Crippen LogP contribution in [0.25, 0.3) is 0 Å². The van der Waals surface area contributed by atoms with E-state index in [9.17, 15) is 12.8 Å². The fraction of sp³-hybridized carbons (Fsp3) is 0.0769. The standard InChI is InChI=1S/C13H13FN2O2S/c1-16(12-7-5-10(14)6-8-12)19(17,18)13-4-2-3-11(15)9-13/h2-9H,15H2,1H3. The summed E-state index contributed by atoms with van der Waals surface area (Å²) in [6, 6.07) is 11.2. The quantitative estimate of drug-likeness (QED) is 0.877. The molecule has 0 spiro atoms. The van der Waals surface area contributed by atoms with Gasteiger partial charge in [0, 0.05) is 12.7 Å². The second kappa shape index (κ2) is 4.89. The maximum absolute atomic E-state index is 12.8. The number of halogens is 1. The molecule has 6 heteroatoms. The first-order valence-corrected chi connectivity index (χ1v) is 6.95. The molecule has 0 radical (unpaired) electrons. The molecular weight excluding hydrogens is 267 g/mol. The Labute approximate surface area is 111 Å². The number of hydrogen-bond acceptors (Lipinski definition) is 3. The molecule has 2 rings (SSSR count). The monoisotopic (exact) mass is 280 g/mol. The molecule has 0 fully saturated rings. The highest BCUT2D eigenvalue weighted by Gasteiger charge is 2.21. The van der Waals surface area contributed by atoms with E-state index in [1.54, 1.807) is 12.1 Å². The fourth-order valence-electron chi connectivity index (χ4n) is 1.62. The molecule has 0 aliphatic carbocycles. The average Bonchev–Trinajstić information content (AvgIpc) is 2.39. The van der Waals surface area contributed by atoms with Gasteiger partial charge < -0.3 is 5.73 Å². The van der Waals surface area contributed by atoms with Gasteiger partial charge in [-0.25, -0.2) is 12.8 Å². The highest BCUT2D eigenvalue weighted by Crippen LogP contribution is 2.23. The van der Waals surface area contributed by atoms with Crippen LogP contribution in [0.15, 0.2) is 53.4 Å². The minimum atomic E-state index is -3.70. The molecule has 0 unspecified atom stereocenters. The Hall–Kier alpha value is -2.08. The van der Waals surface area contributed by atoms with Crippen molar-refractivity contribution in [1.29, 1.82) is 0 Å². The molecule has 0 bridgehead atoms. The summed E-state index contributed by atoms with van der Waals surface area (Å²) in [6.07, 6.45) is 0. The van der Waals surface area contributed by atoms with Crippen molar-refractivity contribution in [3.63, 3.8) is 0 Å². The molecule has 0 saturated carbocycles. The van der Waals surface area contributed by atoms with Gasteiger partial charge in [0.25, 0.3) is 10.0 Å². The first-order chi connectivity index (χ1) is 8.91. The van der Waals surface area contributed by atoms with Crippen LogP contribution in [0.4, 0.5) is 15.8 Å². The van der Waals surface area contributed by atoms with E-state index in [1.807, 2.05) is 0 Å². The SMILES string of the molecule is CN(c1ccc(F)cc1)S(=O)(=O)c1cccc(N)c1. The molecule has 0 saturated heterocycles. The van der Waals surface area contributed by atoms with E-state index in [0.29, 0.717) is 11.4 Å². The Morgan fingerprint density at radius 2 is 1.74 bits per heavy atom. The van der Waals surface area contributed by atoms with Crippen molar-refractivity contribution in [3.05, 3.63) is 54.3 Å². The topological polar surface area (TPSA) is 63.4 Å². The number of rotatable bonds is 3. The van der Waals surface area contributed by atoms with Crippen LogP contribution in [0.2, 0.25) is 0 Å². The largest absolute Gasteiger partial charge is 0.399 e. The van der Waals surface area contributed by atoms with E-state index in [0.717, 1.165) is 4.31 Å². The molecule has 2 N–H and O–H groups in total. The lowest BCUT2D eigenvalue weighted by Gasteiger charge is -2.19. The lowest BCUT2D eigenvalue weighted by molar-refractivity contribution is 0.594. The van der Waals surface area contributed by atoms with Gasteiger partial charge in [0.15, 0.2) is 0 Å². The first-order valence-electron chi connectivity index (χ1n) is 5.51. The van der Waals surface area contributed by atoms with Crippen molar-refractivity contribution >= 4 is 21.4 Å². The van der Waals surface area contributed by atoms with E-state index < -0.39 is 15.8 Å². The number of nitrogen functional groups attached to an aromatic ring is 1. The minimum absolute atomic E-state index is 0.0966. The minimum Gasteiger partial charge on any atom is -0.399 e. The molecular formula is C13H13FN2O2S. The van der Waals surface area contributed by atoms with Crippen LogP contribution in [-0.4, -0.2) is 15.5 Å². The summed E-state index contributed by atoms with van der Waals surface area (Å²) in [5, 5.41) is 0. The maximum atomic E-state index is 12.8. The second-order valence-corrected chi connectivity index (χ2v) is 5.99. The molecule has 2 aromatic rings. The molecule has 0 atom stereocenters. The highest BCUT2D eigenvalue weighted by molar-refractivity contribution is 7.92. The molecule has 0 amide bonds. The zero-order chi connectivity index (χ0) is 14.0. The van der Waals surface area contributed by atoms with Crippen LogP contribution in [0, 0.1) is 5.82 Å². The molecule has 0 heterocycles. The maximum Gasteiger partial charge on any atom is 0.264 e. The third-order valence-corrected chi connectivity index (χ3v) is 4.49. The number of nitrogens with two attached hydrogens (primary N) is 1. The predicted octanol–water partition coefficient (Wildman–Crippen LogP) is 2.23. The van der Waals surface area contributed by atoms with Crippen molar-refractivity contribution in [1.82, 2.24) is 0 Å². The number of hydrogen-bond donors (Lipinski definition) is 1. The molecule has 0 aliphatic heterocycles. The summed E-state index contributed by atoms with van der Waals surface area (Å²) >= 11 is 0. The molecule has 2 aromatic carbocycles. The first kappa shape index (κ1) is 13.4. The van der Waals surface area contributed by atoms with E-state index in [-0.39, 0.29) is 4.90 Å². The van der Waals surface area contributed by atoms with E-state index in [4.69, 9.17) is 5.73 Å². The van der Waals surface area contributed by atoms with E-state index in [1.165, 1.54) is 43.4 Å². The molecule has 4 nitrogen and oxygen atoms in total. The third kappa shape index (κ3) is 2.68. The summed E-state index contributed by atoms with van der Waals surface area (Å²) in [5.74, 6) is -0.418. The zero-order valence-corrected chi connectivity index (χ0v) is 11.1. The van der Waals surface area contributed by atoms with Crippen molar-refractivity contribution in [2.24, 2.45) is 0 Å². The number of nitrogens with zero attached hydrogens (tertiary/aromatic N) is 1. The van der Waals surface area contributed by atoms with E-state index >= 15 is 0 Å². The van der Waals surface area contributed by atoms with Gasteiger partial charge >= 0.3 is 0 Å². The van der Waals surface area contributed by atoms with E-state index in [2.05, 4.69) is 0 Å².